The predicted octanol–water partition coefficient (Wildman–Crippen LogP) is 3.72. The molecule has 8 heteroatoms. The summed E-state index contributed by atoms with van der Waals surface area (Å²) >= 11 is 0. The number of rotatable bonds is 5. The third kappa shape index (κ3) is 3.34. The molecule has 0 aliphatic rings. The summed E-state index contributed by atoms with van der Waals surface area (Å²) in [5.74, 6) is 0.195. The molecule has 0 bridgehead atoms. The van der Waals surface area contributed by atoms with Gasteiger partial charge in [0.2, 0.25) is 5.95 Å². The van der Waals surface area contributed by atoms with Crippen LogP contribution < -0.4 is 4.72 Å². The van der Waals surface area contributed by atoms with Crippen LogP contribution in [0.25, 0.3) is 16.8 Å². The number of pyridine rings is 1. The van der Waals surface area contributed by atoms with E-state index in [1.165, 1.54) is 12.1 Å². The molecule has 0 spiro atoms. The van der Waals surface area contributed by atoms with E-state index in [-0.39, 0.29) is 16.8 Å². The topological polar surface area (TPSA) is 89.2 Å². The van der Waals surface area contributed by atoms with Gasteiger partial charge >= 0.3 is 0 Å². The van der Waals surface area contributed by atoms with Gasteiger partial charge in [0.15, 0.2) is 0 Å². The Morgan fingerprint density at radius 2 is 1.75 bits per heavy atom. The van der Waals surface area contributed by atoms with E-state index in [2.05, 4.69) is 33.6 Å². The van der Waals surface area contributed by atoms with E-state index in [4.69, 9.17) is 0 Å². The van der Waals surface area contributed by atoms with Crippen molar-refractivity contribution in [3.63, 3.8) is 0 Å². The smallest absolute Gasteiger partial charge is 0.247 e. The second-order valence-electron chi connectivity index (χ2n) is 6.63. The Hall–Kier alpha value is -3.26. The molecule has 7 nitrogen and oxygen atoms in total. The van der Waals surface area contributed by atoms with Crippen LogP contribution in [0.3, 0.4) is 0 Å². The van der Waals surface area contributed by atoms with E-state index >= 15 is 0 Å². The van der Waals surface area contributed by atoms with Crippen LogP contribution in [-0.4, -0.2) is 28.0 Å². The maximum absolute atomic E-state index is 12.6. The van der Waals surface area contributed by atoms with Crippen LogP contribution in [0.15, 0.2) is 71.9 Å². The number of benzene rings is 1. The number of hydrogen-bond acceptors (Lipinski definition) is 5. The molecular weight excluding hydrogens is 374 g/mol. The first kappa shape index (κ1) is 18.1. The van der Waals surface area contributed by atoms with Crippen molar-refractivity contribution in [1.82, 2.24) is 19.6 Å². The molecule has 0 atom stereocenters. The van der Waals surface area contributed by atoms with Crippen LogP contribution >= 0.6 is 0 Å². The van der Waals surface area contributed by atoms with Gasteiger partial charge in [-0.15, -0.1) is 0 Å². The van der Waals surface area contributed by atoms with E-state index in [0.29, 0.717) is 5.69 Å². The summed E-state index contributed by atoms with van der Waals surface area (Å²) in [6, 6.07) is 15.7. The summed E-state index contributed by atoms with van der Waals surface area (Å²) in [5.41, 5.74) is 3.28. The molecule has 4 aromatic rings. The Balaban J connectivity index is 1.78. The van der Waals surface area contributed by atoms with Crippen LogP contribution in [0.5, 0.6) is 0 Å². The Bertz CT molecular complexity index is 1230. The van der Waals surface area contributed by atoms with Crippen molar-refractivity contribution in [3.05, 3.63) is 72.7 Å². The van der Waals surface area contributed by atoms with Gasteiger partial charge in [0.05, 0.1) is 21.8 Å². The van der Waals surface area contributed by atoms with Gasteiger partial charge in [0.25, 0.3) is 10.0 Å². The largest absolute Gasteiger partial charge is 0.264 e. The lowest BCUT2D eigenvalue weighted by Gasteiger charge is -2.09. The molecule has 1 aromatic carbocycles. The SMILES string of the molecule is CC(C)c1nn2ccccc2c1-c1ccnc(NS(=O)(=O)c2ccccc2)n1. The van der Waals surface area contributed by atoms with Crippen LogP contribution in [0.1, 0.15) is 25.5 Å². The second-order valence-corrected chi connectivity index (χ2v) is 8.31. The number of fused-ring (bicyclic) bond motifs is 1. The highest BCUT2D eigenvalue weighted by molar-refractivity contribution is 7.92. The van der Waals surface area contributed by atoms with Gasteiger partial charge in [-0.2, -0.15) is 5.10 Å². The minimum atomic E-state index is -3.76. The monoisotopic (exact) mass is 393 g/mol. The van der Waals surface area contributed by atoms with Crippen LogP contribution in [0.2, 0.25) is 0 Å². The molecule has 28 heavy (non-hydrogen) atoms. The molecule has 0 fully saturated rings. The average Bonchev–Trinajstić information content (AvgIpc) is 3.08. The molecule has 3 aromatic heterocycles. The molecule has 0 amide bonds. The molecule has 0 aliphatic carbocycles. The minimum Gasteiger partial charge on any atom is -0.247 e. The van der Waals surface area contributed by atoms with Crippen molar-refractivity contribution in [3.8, 4) is 11.3 Å². The fourth-order valence-electron chi connectivity index (χ4n) is 3.01. The van der Waals surface area contributed by atoms with E-state index in [1.807, 2.05) is 24.4 Å². The zero-order valence-corrected chi connectivity index (χ0v) is 16.3. The molecule has 0 aliphatic heterocycles. The number of aromatic nitrogens is 4. The number of nitrogens with one attached hydrogen (secondary N) is 1. The third-order valence-corrected chi connectivity index (χ3v) is 5.65. The fraction of sp³-hybridized carbons (Fsp3) is 0.150. The molecule has 1 N–H and O–H groups in total. The van der Waals surface area contributed by atoms with E-state index in [0.717, 1.165) is 16.8 Å². The molecule has 0 radical (unpaired) electrons. The highest BCUT2D eigenvalue weighted by Crippen LogP contribution is 2.31. The summed E-state index contributed by atoms with van der Waals surface area (Å²) < 4.78 is 29.4. The quantitative estimate of drug-likeness (QED) is 0.558. The Kier molecular flexibility index (Phi) is 4.56. The number of anilines is 1. The predicted molar refractivity (Wildman–Crippen MR) is 108 cm³/mol. The number of nitrogens with zero attached hydrogens (tertiary/aromatic N) is 4. The molecule has 142 valence electrons. The molecule has 3 heterocycles. The highest BCUT2D eigenvalue weighted by Gasteiger charge is 2.20. The Morgan fingerprint density at radius 1 is 1.00 bits per heavy atom. The minimum absolute atomic E-state index is 0.0198. The summed E-state index contributed by atoms with van der Waals surface area (Å²) in [5, 5.41) is 4.66. The van der Waals surface area contributed by atoms with Gasteiger partial charge in [-0.1, -0.05) is 38.1 Å². The Morgan fingerprint density at radius 3 is 2.50 bits per heavy atom. The van der Waals surface area contributed by atoms with Crippen molar-refractivity contribution in [2.45, 2.75) is 24.7 Å². The maximum Gasteiger partial charge on any atom is 0.264 e. The van der Waals surface area contributed by atoms with E-state index in [1.54, 1.807) is 35.0 Å². The maximum atomic E-state index is 12.6. The fourth-order valence-corrected chi connectivity index (χ4v) is 3.98. The van der Waals surface area contributed by atoms with Gasteiger partial charge in [0, 0.05) is 18.0 Å². The van der Waals surface area contributed by atoms with Crippen molar-refractivity contribution < 1.29 is 8.42 Å². The first-order valence-corrected chi connectivity index (χ1v) is 10.3. The molecule has 4 rings (SSSR count). The number of sulfonamides is 1. The third-order valence-electron chi connectivity index (χ3n) is 4.30. The van der Waals surface area contributed by atoms with Crippen LogP contribution in [0.4, 0.5) is 5.95 Å². The van der Waals surface area contributed by atoms with Crippen molar-refractivity contribution in [1.29, 1.82) is 0 Å². The lowest BCUT2D eigenvalue weighted by atomic mass is 10.0. The summed E-state index contributed by atoms with van der Waals surface area (Å²) in [6.07, 6.45) is 3.42. The lowest BCUT2D eigenvalue weighted by Crippen LogP contribution is -2.15. The summed E-state index contributed by atoms with van der Waals surface area (Å²) in [4.78, 5) is 8.71. The molecule has 0 saturated heterocycles. The van der Waals surface area contributed by atoms with Gasteiger partial charge in [-0.3, -0.25) is 0 Å². The highest BCUT2D eigenvalue weighted by atomic mass is 32.2. The normalized spacial score (nSPS) is 11.8. The summed E-state index contributed by atoms with van der Waals surface area (Å²) in [7, 11) is -3.76. The molecule has 0 unspecified atom stereocenters. The van der Waals surface area contributed by atoms with Crippen molar-refractivity contribution >= 4 is 21.5 Å². The standard InChI is InChI=1S/C20H19N5O2S/c1-14(2)19-18(17-10-6-7-13-25(17)23-19)16-11-12-21-20(22-16)24-28(26,27)15-8-4-3-5-9-15/h3-14H,1-2H3,(H,21,22,24). The Labute approximate surface area is 163 Å². The van der Waals surface area contributed by atoms with Crippen LogP contribution in [-0.2, 0) is 10.0 Å². The molecular formula is C20H19N5O2S. The van der Waals surface area contributed by atoms with Crippen LogP contribution in [0, 0.1) is 0 Å². The van der Waals surface area contributed by atoms with Crippen molar-refractivity contribution in [2.75, 3.05) is 4.72 Å². The first-order valence-electron chi connectivity index (χ1n) is 8.84. The average molecular weight is 393 g/mol. The second kappa shape index (κ2) is 7.05. The van der Waals surface area contributed by atoms with Gasteiger partial charge in [-0.25, -0.2) is 27.6 Å². The van der Waals surface area contributed by atoms with Gasteiger partial charge in [0.1, 0.15) is 0 Å². The first-order chi connectivity index (χ1) is 13.5. The van der Waals surface area contributed by atoms with Gasteiger partial charge < -0.3 is 0 Å². The van der Waals surface area contributed by atoms with E-state index in [9.17, 15) is 8.42 Å². The zero-order chi connectivity index (χ0) is 19.7. The van der Waals surface area contributed by atoms with Gasteiger partial charge in [-0.05, 0) is 36.2 Å². The van der Waals surface area contributed by atoms with E-state index < -0.39 is 10.0 Å². The summed E-state index contributed by atoms with van der Waals surface area (Å²) in [6.45, 7) is 4.12. The number of hydrogen-bond donors (Lipinski definition) is 1. The lowest BCUT2D eigenvalue weighted by molar-refractivity contribution is 0.601. The van der Waals surface area contributed by atoms with Crippen molar-refractivity contribution in [2.24, 2.45) is 0 Å². The molecule has 0 saturated carbocycles. The zero-order valence-electron chi connectivity index (χ0n) is 15.4.